The fourth-order valence-electron chi connectivity index (χ4n) is 2.99. The van der Waals surface area contributed by atoms with E-state index in [0.717, 1.165) is 5.56 Å². The van der Waals surface area contributed by atoms with E-state index in [1.807, 2.05) is 12.1 Å². The minimum absolute atomic E-state index is 0.136. The zero-order chi connectivity index (χ0) is 12.8. The van der Waals surface area contributed by atoms with Crippen LogP contribution in [-0.4, -0.2) is 4.98 Å². The highest BCUT2D eigenvalue weighted by Crippen LogP contribution is 2.33. The Kier molecular flexibility index (Phi) is 4.96. The van der Waals surface area contributed by atoms with Crippen molar-refractivity contribution in [2.75, 3.05) is 5.73 Å². The molecule has 1 unspecified atom stereocenters. The lowest BCUT2D eigenvalue weighted by atomic mass is 9.83. The number of pyridine rings is 1. The summed E-state index contributed by atoms with van der Waals surface area (Å²) in [5, 5.41) is 0. The standard InChI is InChI=1S/C14H24N4/c15-14-12(9-6-10-17-14)13(18-16)11-7-4-2-1-3-5-8-11/h6,9-11,13,18H,1-5,7-8,16H2,(H2,15,17). The molecular weight excluding hydrogens is 224 g/mol. The predicted molar refractivity (Wildman–Crippen MR) is 74.5 cm³/mol. The van der Waals surface area contributed by atoms with E-state index in [1.54, 1.807) is 6.20 Å². The lowest BCUT2D eigenvalue weighted by Crippen LogP contribution is -2.34. The molecule has 1 aromatic rings. The van der Waals surface area contributed by atoms with Crippen LogP contribution in [0.1, 0.15) is 56.6 Å². The van der Waals surface area contributed by atoms with E-state index in [4.69, 9.17) is 11.6 Å². The number of nitrogens with two attached hydrogens (primary N) is 2. The summed E-state index contributed by atoms with van der Waals surface area (Å²) in [5.41, 5.74) is 9.97. The maximum absolute atomic E-state index is 5.97. The Morgan fingerprint density at radius 1 is 1.17 bits per heavy atom. The lowest BCUT2D eigenvalue weighted by molar-refractivity contribution is 0.291. The fourth-order valence-corrected chi connectivity index (χ4v) is 2.99. The minimum atomic E-state index is 0.136. The SMILES string of the molecule is NNC(c1cccnc1N)C1CCCCCCC1. The van der Waals surface area contributed by atoms with Crippen LogP contribution in [0.25, 0.3) is 0 Å². The van der Waals surface area contributed by atoms with E-state index in [1.165, 1.54) is 44.9 Å². The normalized spacial score (nSPS) is 20.1. The molecule has 0 aliphatic heterocycles. The number of hydrogen-bond donors (Lipinski definition) is 3. The molecule has 0 saturated heterocycles. The number of aromatic nitrogens is 1. The monoisotopic (exact) mass is 248 g/mol. The first-order valence-electron chi connectivity index (χ1n) is 6.99. The van der Waals surface area contributed by atoms with Crippen LogP contribution < -0.4 is 17.0 Å². The van der Waals surface area contributed by atoms with E-state index < -0.39 is 0 Å². The van der Waals surface area contributed by atoms with Gasteiger partial charge in [-0.15, -0.1) is 0 Å². The van der Waals surface area contributed by atoms with Gasteiger partial charge in [0.05, 0.1) is 6.04 Å². The summed E-state index contributed by atoms with van der Waals surface area (Å²) in [6, 6.07) is 4.10. The second kappa shape index (κ2) is 6.71. The number of nitrogens with one attached hydrogen (secondary N) is 1. The third-order valence-electron chi connectivity index (χ3n) is 4.01. The minimum Gasteiger partial charge on any atom is -0.383 e. The Morgan fingerprint density at radius 3 is 2.44 bits per heavy atom. The van der Waals surface area contributed by atoms with Crippen LogP contribution in [-0.2, 0) is 0 Å². The molecule has 0 radical (unpaired) electrons. The molecule has 100 valence electrons. The van der Waals surface area contributed by atoms with E-state index >= 15 is 0 Å². The van der Waals surface area contributed by atoms with Gasteiger partial charge >= 0.3 is 0 Å². The molecule has 5 N–H and O–H groups in total. The maximum atomic E-state index is 5.97. The summed E-state index contributed by atoms with van der Waals surface area (Å²) < 4.78 is 0. The first kappa shape index (κ1) is 13.3. The van der Waals surface area contributed by atoms with Crippen molar-refractivity contribution in [3.05, 3.63) is 23.9 Å². The van der Waals surface area contributed by atoms with E-state index in [2.05, 4.69) is 10.4 Å². The highest BCUT2D eigenvalue weighted by Gasteiger charge is 2.24. The number of hydrazine groups is 1. The van der Waals surface area contributed by atoms with Crippen LogP contribution in [0.5, 0.6) is 0 Å². The van der Waals surface area contributed by atoms with Crippen molar-refractivity contribution < 1.29 is 0 Å². The third kappa shape index (κ3) is 3.21. The molecule has 0 spiro atoms. The molecule has 0 amide bonds. The molecule has 1 heterocycles. The highest BCUT2D eigenvalue weighted by molar-refractivity contribution is 5.41. The Bertz CT molecular complexity index is 359. The Morgan fingerprint density at radius 2 is 1.83 bits per heavy atom. The van der Waals surface area contributed by atoms with Gasteiger partial charge in [-0.25, -0.2) is 4.98 Å². The molecule has 0 bridgehead atoms. The van der Waals surface area contributed by atoms with Crippen molar-refractivity contribution in [2.45, 2.75) is 51.0 Å². The maximum Gasteiger partial charge on any atom is 0.128 e. The fraction of sp³-hybridized carbons (Fsp3) is 0.643. The summed E-state index contributed by atoms with van der Waals surface area (Å²) in [6.45, 7) is 0. The Labute approximate surface area is 109 Å². The van der Waals surface area contributed by atoms with Crippen LogP contribution in [0.3, 0.4) is 0 Å². The van der Waals surface area contributed by atoms with Crippen LogP contribution in [0.2, 0.25) is 0 Å². The number of nitrogen functional groups attached to an aromatic ring is 1. The highest BCUT2D eigenvalue weighted by atomic mass is 15.2. The van der Waals surface area contributed by atoms with E-state index in [-0.39, 0.29) is 6.04 Å². The molecular formula is C14H24N4. The average molecular weight is 248 g/mol. The number of nitrogens with zero attached hydrogens (tertiary/aromatic N) is 1. The van der Waals surface area contributed by atoms with Crippen molar-refractivity contribution >= 4 is 5.82 Å². The van der Waals surface area contributed by atoms with Gasteiger partial charge in [0.25, 0.3) is 0 Å². The Hall–Kier alpha value is -1.13. The molecule has 1 atom stereocenters. The van der Waals surface area contributed by atoms with E-state index in [0.29, 0.717) is 11.7 Å². The summed E-state index contributed by atoms with van der Waals surface area (Å²) >= 11 is 0. The molecule has 1 aliphatic rings. The van der Waals surface area contributed by atoms with Gasteiger partial charge in [0.15, 0.2) is 0 Å². The summed E-state index contributed by atoms with van der Waals surface area (Å²) in [6.07, 6.45) is 10.8. The van der Waals surface area contributed by atoms with Gasteiger partial charge in [0.1, 0.15) is 5.82 Å². The Balaban J connectivity index is 2.13. The molecule has 4 heteroatoms. The second-order valence-electron chi connectivity index (χ2n) is 5.23. The van der Waals surface area contributed by atoms with Gasteiger partial charge in [-0.1, -0.05) is 38.2 Å². The van der Waals surface area contributed by atoms with Crippen LogP contribution in [0, 0.1) is 5.92 Å². The molecule has 1 aromatic heterocycles. The van der Waals surface area contributed by atoms with Gasteiger partial charge in [-0.2, -0.15) is 0 Å². The molecule has 4 nitrogen and oxygen atoms in total. The largest absolute Gasteiger partial charge is 0.383 e. The van der Waals surface area contributed by atoms with Crippen molar-refractivity contribution in [3.8, 4) is 0 Å². The zero-order valence-corrected chi connectivity index (χ0v) is 10.9. The molecule has 1 aliphatic carbocycles. The van der Waals surface area contributed by atoms with E-state index in [9.17, 15) is 0 Å². The van der Waals surface area contributed by atoms with Gasteiger partial charge in [0, 0.05) is 11.8 Å². The van der Waals surface area contributed by atoms with Crippen LogP contribution >= 0.6 is 0 Å². The average Bonchev–Trinajstić information content (AvgIpc) is 2.34. The molecule has 18 heavy (non-hydrogen) atoms. The molecule has 1 saturated carbocycles. The number of rotatable bonds is 3. The van der Waals surface area contributed by atoms with Crippen molar-refractivity contribution in [1.29, 1.82) is 0 Å². The van der Waals surface area contributed by atoms with Crippen molar-refractivity contribution in [3.63, 3.8) is 0 Å². The van der Waals surface area contributed by atoms with Crippen LogP contribution in [0.4, 0.5) is 5.82 Å². The van der Waals surface area contributed by atoms with Gasteiger partial charge in [-0.3, -0.25) is 11.3 Å². The second-order valence-corrected chi connectivity index (χ2v) is 5.23. The number of anilines is 1. The summed E-state index contributed by atoms with van der Waals surface area (Å²) in [7, 11) is 0. The quantitative estimate of drug-likeness (QED) is 0.567. The van der Waals surface area contributed by atoms with Crippen LogP contribution in [0.15, 0.2) is 18.3 Å². The first-order chi connectivity index (χ1) is 8.83. The zero-order valence-electron chi connectivity index (χ0n) is 10.9. The topological polar surface area (TPSA) is 77.0 Å². The summed E-state index contributed by atoms with van der Waals surface area (Å²) in [5.74, 6) is 6.93. The first-order valence-corrected chi connectivity index (χ1v) is 6.99. The third-order valence-corrected chi connectivity index (χ3v) is 4.01. The van der Waals surface area contributed by atoms with Gasteiger partial charge in [0.2, 0.25) is 0 Å². The van der Waals surface area contributed by atoms with Gasteiger partial charge in [-0.05, 0) is 24.8 Å². The van der Waals surface area contributed by atoms with Crippen molar-refractivity contribution in [1.82, 2.24) is 10.4 Å². The van der Waals surface area contributed by atoms with Gasteiger partial charge < -0.3 is 5.73 Å². The smallest absolute Gasteiger partial charge is 0.128 e. The number of hydrogen-bond acceptors (Lipinski definition) is 4. The summed E-state index contributed by atoms with van der Waals surface area (Å²) in [4.78, 5) is 4.17. The van der Waals surface area contributed by atoms with Crippen molar-refractivity contribution in [2.24, 2.45) is 11.8 Å². The molecule has 2 rings (SSSR count). The lowest BCUT2D eigenvalue weighted by Gasteiger charge is -2.29. The predicted octanol–water partition coefficient (Wildman–Crippen LogP) is 2.53. The molecule has 1 fully saturated rings. The molecule has 0 aromatic carbocycles.